The Morgan fingerprint density at radius 2 is 1.88 bits per heavy atom. The van der Waals surface area contributed by atoms with Gasteiger partial charge in [-0.3, -0.25) is 14.7 Å². The molecule has 3 aromatic heterocycles. The molecule has 0 radical (unpaired) electrons. The molecule has 7 heteroatoms. The zero-order valence-corrected chi connectivity index (χ0v) is 19.7. The largest absolute Gasteiger partial charge is 0.351 e. The molecule has 1 amide bonds. The van der Waals surface area contributed by atoms with Crippen molar-refractivity contribution in [3.05, 3.63) is 70.9 Å². The first kappa shape index (κ1) is 22.6. The van der Waals surface area contributed by atoms with Crippen LogP contribution in [0.2, 0.25) is 0 Å². The van der Waals surface area contributed by atoms with E-state index >= 15 is 0 Å². The van der Waals surface area contributed by atoms with Crippen LogP contribution in [0.4, 0.5) is 0 Å². The number of amides is 1. The molecule has 1 aliphatic rings. The number of fused-ring (bicyclic) bond motifs is 2. The first-order valence-electron chi connectivity index (χ1n) is 10.8. The summed E-state index contributed by atoms with van der Waals surface area (Å²) in [5, 5.41) is 5.32. The lowest BCUT2D eigenvalue weighted by atomic mass is 9.96. The average Bonchev–Trinajstić information content (AvgIpc) is 3.20. The summed E-state index contributed by atoms with van der Waals surface area (Å²) in [6, 6.07) is 14.5. The van der Waals surface area contributed by atoms with Crippen LogP contribution in [0.3, 0.4) is 0 Å². The Labute approximate surface area is 198 Å². The highest BCUT2D eigenvalue weighted by Gasteiger charge is 2.20. The average molecular weight is 467 g/mol. The zero-order valence-electron chi connectivity index (χ0n) is 18.1. The number of carbonyl (C=O) groups excluding carboxylic acids is 1. The van der Waals surface area contributed by atoms with Crippen LogP contribution < -0.4 is 5.32 Å². The molecule has 1 fully saturated rings. The summed E-state index contributed by atoms with van der Waals surface area (Å²) in [5.41, 5.74) is 3.50. The molecule has 1 aromatic carbocycles. The molecule has 0 bridgehead atoms. The van der Waals surface area contributed by atoms with E-state index in [2.05, 4.69) is 52.5 Å². The van der Waals surface area contributed by atoms with E-state index in [0.29, 0.717) is 5.92 Å². The van der Waals surface area contributed by atoms with Gasteiger partial charge in [-0.25, -0.2) is 4.98 Å². The molecule has 0 unspecified atom stereocenters. The van der Waals surface area contributed by atoms with Crippen LogP contribution in [-0.4, -0.2) is 40.4 Å². The number of pyridine rings is 2. The summed E-state index contributed by atoms with van der Waals surface area (Å²) in [5.74, 6) is 0.554. The first-order chi connectivity index (χ1) is 15.1. The van der Waals surface area contributed by atoms with Gasteiger partial charge < -0.3 is 5.32 Å². The molecule has 0 atom stereocenters. The number of nitrogens with zero attached hydrogens (tertiary/aromatic N) is 3. The Morgan fingerprint density at radius 1 is 1.09 bits per heavy atom. The number of aromatic nitrogens is 2. The number of piperidine rings is 1. The van der Waals surface area contributed by atoms with E-state index in [4.69, 9.17) is 4.98 Å². The fourth-order valence-corrected chi connectivity index (χ4v) is 5.22. The number of nitrogens with one attached hydrogen (secondary N) is 1. The van der Waals surface area contributed by atoms with Gasteiger partial charge in [0, 0.05) is 36.3 Å². The molecular formula is C25H27ClN4OS. The van der Waals surface area contributed by atoms with Crippen LogP contribution in [0.1, 0.15) is 33.6 Å². The topological polar surface area (TPSA) is 58.1 Å². The fraction of sp³-hybridized carbons (Fsp3) is 0.320. The molecule has 0 saturated carbocycles. The van der Waals surface area contributed by atoms with Crippen LogP contribution in [0.5, 0.6) is 0 Å². The lowest BCUT2D eigenvalue weighted by molar-refractivity contribution is 0.0939. The monoisotopic (exact) mass is 466 g/mol. The lowest BCUT2D eigenvalue weighted by Gasteiger charge is -2.32. The van der Waals surface area contributed by atoms with E-state index in [1.54, 1.807) is 0 Å². The first-order valence-corrected chi connectivity index (χ1v) is 11.7. The molecule has 166 valence electrons. The SMILES string of the molecule is Cc1ccc2nc3sc(C(=O)NCC4CCN(Cc5ccncc5)CC4)cc3cc2c1.Cl. The maximum Gasteiger partial charge on any atom is 0.261 e. The van der Waals surface area contributed by atoms with Crippen molar-refractivity contribution in [3.63, 3.8) is 0 Å². The van der Waals surface area contributed by atoms with Gasteiger partial charge in [0.25, 0.3) is 5.91 Å². The second-order valence-electron chi connectivity index (χ2n) is 8.47. The quantitative estimate of drug-likeness (QED) is 0.438. The summed E-state index contributed by atoms with van der Waals surface area (Å²) in [6.45, 7) is 5.94. The number of hydrogen-bond acceptors (Lipinski definition) is 5. The van der Waals surface area contributed by atoms with Gasteiger partial charge in [-0.15, -0.1) is 23.7 Å². The molecule has 32 heavy (non-hydrogen) atoms. The highest BCUT2D eigenvalue weighted by molar-refractivity contribution is 7.20. The smallest absolute Gasteiger partial charge is 0.261 e. The number of thiophene rings is 1. The Kier molecular flexibility index (Phi) is 7.04. The summed E-state index contributed by atoms with van der Waals surface area (Å²) < 4.78 is 0. The van der Waals surface area contributed by atoms with Gasteiger partial charge in [-0.2, -0.15) is 0 Å². The number of likely N-dealkylation sites (tertiary alicyclic amines) is 1. The molecule has 1 aliphatic heterocycles. The molecule has 5 nitrogen and oxygen atoms in total. The Hall–Kier alpha value is -2.54. The molecular weight excluding hydrogens is 440 g/mol. The Morgan fingerprint density at radius 3 is 2.66 bits per heavy atom. The second kappa shape index (κ2) is 9.94. The number of halogens is 1. The predicted octanol–water partition coefficient (Wildman–Crippen LogP) is 5.22. The van der Waals surface area contributed by atoms with Gasteiger partial charge in [-0.05, 0) is 80.7 Å². The number of aryl methyl sites for hydroxylation is 1. The van der Waals surface area contributed by atoms with Crippen molar-refractivity contribution in [3.8, 4) is 0 Å². The van der Waals surface area contributed by atoms with E-state index in [1.165, 1.54) is 22.5 Å². The molecule has 4 aromatic rings. The van der Waals surface area contributed by atoms with Gasteiger partial charge in [0.15, 0.2) is 0 Å². The van der Waals surface area contributed by atoms with E-state index in [0.717, 1.165) is 65.0 Å². The minimum Gasteiger partial charge on any atom is -0.351 e. The fourth-order valence-electron chi connectivity index (χ4n) is 4.29. The highest BCUT2D eigenvalue weighted by atomic mass is 35.5. The maximum absolute atomic E-state index is 12.8. The van der Waals surface area contributed by atoms with Crippen LogP contribution >= 0.6 is 23.7 Å². The van der Waals surface area contributed by atoms with E-state index in [9.17, 15) is 4.79 Å². The van der Waals surface area contributed by atoms with Crippen LogP contribution in [0.25, 0.3) is 21.1 Å². The van der Waals surface area contributed by atoms with E-state index in [1.807, 2.05) is 24.5 Å². The molecule has 1 saturated heterocycles. The minimum atomic E-state index is 0. The third kappa shape index (κ3) is 5.09. The van der Waals surface area contributed by atoms with Crippen LogP contribution in [0, 0.1) is 12.8 Å². The number of benzene rings is 1. The molecule has 0 spiro atoms. The van der Waals surface area contributed by atoms with Crippen molar-refractivity contribution in [1.82, 2.24) is 20.2 Å². The lowest BCUT2D eigenvalue weighted by Crippen LogP contribution is -2.38. The second-order valence-corrected chi connectivity index (χ2v) is 9.51. The van der Waals surface area contributed by atoms with Gasteiger partial charge >= 0.3 is 0 Å². The summed E-state index contributed by atoms with van der Waals surface area (Å²) in [6.07, 6.45) is 5.93. The minimum absolute atomic E-state index is 0. The third-order valence-electron chi connectivity index (χ3n) is 6.09. The van der Waals surface area contributed by atoms with E-state index in [-0.39, 0.29) is 18.3 Å². The van der Waals surface area contributed by atoms with Crippen molar-refractivity contribution in [2.45, 2.75) is 26.3 Å². The third-order valence-corrected chi connectivity index (χ3v) is 7.14. The van der Waals surface area contributed by atoms with Gasteiger partial charge in [0.2, 0.25) is 0 Å². The zero-order chi connectivity index (χ0) is 21.2. The molecule has 4 heterocycles. The number of rotatable bonds is 5. The highest BCUT2D eigenvalue weighted by Crippen LogP contribution is 2.28. The number of carbonyl (C=O) groups is 1. The van der Waals surface area contributed by atoms with Crippen LogP contribution in [0.15, 0.2) is 54.9 Å². The van der Waals surface area contributed by atoms with Gasteiger partial charge in [0.05, 0.1) is 10.4 Å². The Bertz CT molecular complexity index is 1220. The molecule has 5 rings (SSSR count). The molecule has 0 aliphatic carbocycles. The van der Waals surface area contributed by atoms with Crippen molar-refractivity contribution in [1.29, 1.82) is 0 Å². The number of hydrogen-bond donors (Lipinski definition) is 1. The van der Waals surface area contributed by atoms with Gasteiger partial charge in [0.1, 0.15) is 4.83 Å². The Balaban J connectivity index is 0.00000245. The van der Waals surface area contributed by atoms with Crippen molar-refractivity contribution < 1.29 is 4.79 Å². The van der Waals surface area contributed by atoms with Crippen molar-refractivity contribution in [2.24, 2.45) is 5.92 Å². The maximum atomic E-state index is 12.8. The summed E-state index contributed by atoms with van der Waals surface area (Å²) >= 11 is 1.48. The predicted molar refractivity (Wildman–Crippen MR) is 134 cm³/mol. The standard InChI is InChI=1S/C25H26N4OS.ClH/c1-17-2-3-22-20(12-17)13-21-14-23(31-25(21)28-22)24(30)27-15-18-6-10-29(11-7-18)16-19-4-8-26-9-5-19;/h2-5,8-9,12-14,18H,6-7,10-11,15-16H2,1H3,(H,27,30);1H. The molecule has 1 N–H and O–H groups in total. The summed E-state index contributed by atoms with van der Waals surface area (Å²) in [4.78, 5) is 25.7. The van der Waals surface area contributed by atoms with Gasteiger partial charge in [-0.1, -0.05) is 11.6 Å². The van der Waals surface area contributed by atoms with Crippen molar-refractivity contribution in [2.75, 3.05) is 19.6 Å². The van der Waals surface area contributed by atoms with Crippen LogP contribution in [-0.2, 0) is 6.54 Å². The summed E-state index contributed by atoms with van der Waals surface area (Å²) in [7, 11) is 0. The normalized spacial score (nSPS) is 15.0. The van der Waals surface area contributed by atoms with E-state index < -0.39 is 0 Å². The van der Waals surface area contributed by atoms with Crippen molar-refractivity contribution >= 4 is 50.8 Å².